The monoisotopic (exact) mass is 645 g/mol. The molecule has 0 aromatic carbocycles. The van der Waals surface area contributed by atoms with Gasteiger partial charge in [-0.3, -0.25) is 9.59 Å². The predicted octanol–water partition coefficient (Wildman–Crippen LogP) is 1.89. The molecule has 3 heterocycles. The van der Waals surface area contributed by atoms with E-state index in [1.807, 2.05) is 18.9 Å². The second kappa shape index (κ2) is 13.5. The van der Waals surface area contributed by atoms with Crippen LogP contribution in [0, 0.1) is 17.8 Å². The van der Waals surface area contributed by atoms with Crippen molar-refractivity contribution in [3.05, 3.63) is 0 Å². The van der Waals surface area contributed by atoms with Crippen molar-refractivity contribution in [1.82, 2.24) is 9.91 Å². The van der Waals surface area contributed by atoms with Gasteiger partial charge in [0.2, 0.25) is 0 Å². The normalized spacial score (nSPS) is 45.6. The average molecular weight is 646 g/mol. The number of nitrogens with zero attached hydrogens (tertiary/aromatic N) is 2. The lowest BCUT2D eigenvalue weighted by molar-refractivity contribution is -0.294. The molecule has 0 aromatic heterocycles. The van der Waals surface area contributed by atoms with Gasteiger partial charge in [-0.1, -0.05) is 34.6 Å². The molecule has 3 saturated heterocycles. The highest BCUT2D eigenvalue weighted by Crippen LogP contribution is 2.42. The molecule has 3 aliphatic rings. The van der Waals surface area contributed by atoms with Crippen molar-refractivity contribution in [2.75, 3.05) is 13.6 Å². The van der Waals surface area contributed by atoms with E-state index in [2.05, 4.69) is 0 Å². The van der Waals surface area contributed by atoms with Crippen molar-refractivity contribution in [2.24, 2.45) is 23.6 Å². The van der Waals surface area contributed by atoms with E-state index in [4.69, 9.17) is 24.8 Å². The summed E-state index contributed by atoms with van der Waals surface area (Å²) in [5.41, 5.74) is -6.87. The number of ketones is 2. The first kappa shape index (κ1) is 37.2. The van der Waals surface area contributed by atoms with Crippen LogP contribution >= 0.6 is 0 Å². The summed E-state index contributed by atoms with van der Waals surface area (Å²) in [6.07, 6.45) is -6.39. The molecular formula is C31H52FN3O10. The van der Waals surface area contributed by atoms with Gasteiger partial charge in [-0.15, -0.1) is 0 Å². The quantitative estimate of drug-likeness (QED) is 0.171. The van der Waals surface area contributed by atoms with Crippen LogP contribution in [0.3, 0.4) is 0 Å². The minimum atomic E-state index is -3.22. The largest absolute Gasteiger partial charge is 0.455 e. The number of amides is 1. The molecule has 2 unspecified atom stereocenters. The Morgan fingerprint density at radius 1 is 1.09 bits per heavy atom. The number of Topliss-reactive ketones (excluding diaryl/α,β-unsaturated/α-hetero) is 2. The van der Waals surface area contributed by atoms with E-state index in [0.29, 0.717) is 13.0 Å². The zero-order chi connectivity index (χ0) is 34.4. The number of hydrogen-bond donors (Lipinski definition) is 3. The maximum absolute atomic E-state index is 16.3. The van der Waals surface area contributed by atoms with Crippen LogP contribution in [0.2, 0.25) is 0 Å². The molecule has 45 heavy (non-hydrogen) atoms. The molecule has 0 aliphatic carbocycles. The van der Waals surface area contributed by atoms with E-state index in [1.54, 1.807) is 27.7 Å². The Hall–Kier alpha value is -2.23. The topological polar surface area (TPSA) is 178 Å². The molecule has 0 saturated carbocycles. The van der Waals surface area contributed by atoms with Gasteiger partial charge in [0.25, 0.3) is 5.67 Å². The summed E-state index contributed by atoms with van der Waals surface area (Å²) in [7, 11) is 1.83. The Morgan fingerprint density at radius 2 is 1.69 bits per heavy atom. The fourth-order valence-corrected chi connectivity index (χ4v) is 7.40. The van der Waals surface area contributed by atoms with Gasteiger partial charge in [0.05, 0.1) is 17.8 Å². The van der Waals surface area contributed by atoms with Gasteiger partial charge >= 0.3 is 12.1 Å². The number of carbonyl (C=O) groups excluding carboxylic acids is 4. The van der Waals surface area contributed by atoms with Crippen molar-refractivity contribution in [1.29, 1.82) is 0 Å². The molecule has 0 spiro atoms. The Morgan fingerprint density at radius 3 is 2.24 bits per heavy atom. The minimum absolute atomic E-state index is 0.0407. The van der Waals surface area contributed by atoms with E-state index < -0.39 is 88.9 Å². The number of rotatable bonds is 5. The lowest BCUT2D eigenvalue weighted by atomic mass is 9.73. The second-order valence-corrected chi connectivity index (χ2v) is 13.8. The van der Waals surface area contributed by atoms with Crippen LogP contribution in [0.1, 0.15) is 81.6 Å². The smallest absolute Gasteiger partial charge is 0.425 e. The van der Waals surface area contributed by atoms with Crippen LogP contribution in [-0.4, -0.2) is 117 Å². The van der Waals surface area contributed by atoms with E-state index in [-0.39, 0.29) is 25.0 Å². The van der Waals surface area contributed by atoms with Crippen molar-refractivity contribution < 1.29 is 52.7 Å². The number of ether oxygens (including phenoxy) is 4. The first-order valence-electron chi connectivity index (χ1n) is 15.8. The minimum Gasteiger partial charge on any atom is -0.455 e. The molecule has 1 amide bonds. The number of alkyl halides is 1. The number of fused-ring (bicyclic) bond motifs is 1. The standard InChI is InChI=1S/C31H52FN3O10/c1-11-20-31(9)23(35(33)28(40)45-31)17(5)21(36)15(3)14-29(7,41)25(18(6)24(38)30(8,32)27(39)43-20)44-26-22(37)19(34(10)12-2)13-16(4)42-26/h15-20,22-23,25-26,37,41H,11-14,33H2,1-10H3/t15-,16-,17+,18+,19+,20-,22-,23?,25-,26?,29-,30+,31-/m1/s1. The summed E-state index contributed by atoms with van der Waals surface area (Å²) in [6, 6.07) is -1.50. The second-order valence-electron chi connectivity index (χ2n) is 13.8. The zero-order valence-electron chi connectivity index (χ0n) is 28.1. The highest BCUT2D eigenvalue weighted by atomic mass is 19.1. The van der Waals surface area contributed by atoms with E-state index in [9.17, 15) is 29.4 Å². The number of aliphatic hydroxyl groups is 2. The third-order valence-corrected chi connectivity index (χ3v) is 10.1. The van der Waals surface area contributed by atoms with Gasteiger partial charge in [-0.05, 0) is 60.5 Å². The van der Waals surface area contributed by atoms with Crippen molar-refractivity contribution in [2.45, 2.75) is 141 Å². The van der Waals surface area contributed by atoms with Crippen LogP contribution in [0.5, 0.6) is 0 Å². The number of cyclic esters (lactones) is 1. The van der Waals surface area contributed by atoms with Gasteiger partial charge in [0.1, 0.15) is 24.0 Å². The average Bonchev–Trinajstić information content (AvgIpc) is 3.20. The maximum atomic E-state index is 16.3. The molecule has 14 heteroatoms. The molecule has 3 aliphatic heterocycles. The first-order chi connectivity index (χ1) is 20.6. The zero-order valence-corrected chi connectivity index (χ0v) is 28.1. The lowest BCUT2D eigenvalue weighted by Gasteiger charge is -2.46. The van der Waals surface area contributed by atoms with Gasteiger partial charge in [-0.25, -0.2) is 24.8 Å². The molecule has 258 valence electrons. The van der Waals surface area contributed by atoms with Crippen LogP contribution in [-0.2, 0) is 33.3 Å². The number of aliphatic hydroxyl groups excluding tert-OH is 1. The summed E-state index contributed by atoms with van der Waals surface area (Å²) in [5, 5.41) is 23.9. The van der Waals surface area contributed by atoms with Gasteiger partial charge < -0.3 is 34.1 Å². The van der Waals surface area contributed by atoms with Gasteiger partial charge in [0, 0.05) is 23.8 Å². The number of nitrogens with two attached hydrogens (primary N) is 1. The molecule has 4 N–H and O–H groups in total. The SMILES string of the molecule is CC[C@H]1OC(=O)[C@@](C)(F)C(=O)[C@H](C)[C@@H](OC2O[C@H](C)C[C@H](N(C)CC)[C@H]2O)[C@](C)(O)C[C@@H](C)C(=O)[C@H](C)C2N(N)C(=O)O[C@@]21C. The molecule has 0 aromatic rings. The Bertz CT molecular complexity index is 1140. The van der Waals surface area contributed by atoms with Gasteiger partial charge in [0.15, 0.2) is 17.7 Å². The highest BCUT2D eigenvalue weighted by molar-refractivity contribution is 6.07. The highest BCUT2D eigenvalue weighted by Gasteiger charge is 2.61. The lowest BCUT2D eigenvalue weighted by Crippen LogP contribution is -2.62. The molecular weight excluding hydrogens is 593 g/mol. The Labute approximate surface area is 264 Å². The molecule has 13 atom stereocenters. The molecule has 0 bridgehead atoms. The predicted molar refractivity (Wildman–Crippen MR) is 159 cm³/mol. The number of esters is 1. The van der Waals surface area contributed by atoms with E-state index in [0.717, 1.165) is 11.9 Å². The number of likely N-dealkylation sites (N-methyl/N-ethyl adjacent to an activating group) is 1. The van der Waals surface area contributed by atoms with Crippen LogP contribution in [0.25, 0.3) is 0 Å². The molecule has 13 nitrogen and oxygen atoms in total. The first-order valence-corrected chi connectivity index (χ1v) is 15.8. The van der Waals surface area contributed by atoms with E-state index in [1.165, 1.54) is 20.8 Å². The van der Waals surface area contributed by atoms with Crippen molar-refractivity contribution in [3.8, 4) is 0 Å². The molecule has 3 rings (SSSR count). The summed E-state index contributed by atoms with van der Waals surface area (Å²) >= 11 is 0. The molecule has 0 radical (unpaired) electrons. The van der Waals surface area contributed by atoms with Gasteiger partial charge in [-0.2, -0.15) is 0 Å². The molecule has 3 fully saturated rings. The number of hydrogen-bond acceptors (Lipinski definition) is 12. The third-order valence-electron chi connectivity index (χ3n) is 10.1. The summed E-state index contributed by atoms with van der Waals surface area (Å²) in [5.74, 6) is -0.434. The van der Waals surface area contributed by atoms with Crippen LogP contribution < -0.4 is 5.84 Å². The van der Waals surface area contributed by atoms with Crippen molar-refractivity contribution >= 4 is 23.6 Å². The van der Waals surface area contributed by atoms with Crippen LogP contribution in [0.4, 0.5) is 9.18 Å². The maximum Gasteiger partial charge on any atom is 0.425 e. The summed E-state index contributed by atoms with van der Waals surface area (Å²) < 4.78 is 39.6. The Balaban J connectivity index is 2.11. The summed E-state index contributed by atoms with van der Waals surface area (Å²) in [4.78, 5) is 55.7. The number of carbonyl (C=O) groups is 4. The van der Waals surface area contributed by atoms with Crippen LogP contribution in [0.15, 0.2) is 0 Å². The van der Waals surface area contributed by atoms with E-state index >= 15 is 4.39 Å². The summed E-state index contributed by atoms with van der Waals surface area (Å²) in [6.45, 7) is 14.0. The number of hydrazine groups is 1. The third kappa shape index (κ3) is 6.91. The Kier molecular flexibility index (Phi) is 11.2. The fourth-order valence-electron chi connectivity index (χ4n) is 7.40. The number of halogens is 1. The fraction of sp³-hybridized carbons (Fsp3) is 0.871. The van der Waals surface area contributed by atoms with Crippen molar-refractivity contribution in [3.63, 3.8) is 0 Å².